The number of halogens is 1. The molecule has 1 aliphatic heterocycles. The summed E-state index contributed by atoms with van der Waals surface area (Å²) in [4.78, 5) is 12.9. The van der Waals surface area contributed by atoms with Crippen LogP contribution in [0.25, 0.3) is 12.2 Å². The van der Waals surface area contributed by atoms with E-state index in [0.29, 0.717) is 36.6 Å². The number of rotatable bonds is 7. The maximum absolute atomic E-state index is 13.6. The lowest BCUT2D eigenvalue weighted by Gasteiger charge is -2.31. The lowest BCUT2D eigenvalue weighted by Crippen LogP contribution is -2.45. The minimum atomic E-state index is -3.91. The Bertz CT molecular complexity index is 1380. The van der Waals surface area contributed by atoms with Gasteiger partial charge >= 0.3 is 0 Å². The van der Waals surface area contributed by atoms with E-state index < -0.39 is 15.9 Å². The third-order valence-corrected chi connectivity index (χ3v) is 8.69. The van der Waals surface area contributed by atoms with E-state index in [1.807, 2.05) is 50.3 Å². The summed E-state index contributed by atoms with van der Waals surface area (Å²) >= 11 is 5.92. The normalized spacial score (nSPS) is 16.9. The number of sulfonamides is 1. The molecule has 1 unspecified atom stereocenters. The number of amides is 1. The van der Waals surface area contributed by atoms with Crippen LogP contribution in [0.5, 0.6) is 0 Å². The molecular formula is C27H30ClN3O4S. The monoisotopic (exact) mass is 527 g/mol. The van der Waals surface area contributed by atoms with Crippen LogP contribution in [0, 0.1) is 26.7 Å². The summed E-state index contributed by atoms with van der Waals surface area (Å²) in [5, 5.41) is 7.48. The van der Waals surface area contributed by atoms with E-state index in [2.05, 4.69) is 10.5 Å². The maximum Gasteiger partial charge on any atom is 0.248 e. The van der Waals surface area contributed by atoms with E-state index in [1.54, 1.807) is 25.1 Å². The molecule has 0 bridgehead atoms. The highest BCUT2D eigenvalue weighted by atomic mass is 35.5. The maximum atomic E-state index is 13.6. The highest BCUT2D eigenvalue weighted by Crippen LogP contribution is 2.29. The lowest BCUT2D eigenvalue weighted by molar-refractivity contribution is -0.126. The molecule has 190 valence electrons. The predicted octanol–water partition coefficient (Wildman–Crippen LogP) is 5.14. The van der Waals surface area contributed by atoms with Crippen LogP contribution in [0.1, 0.15) is 46.5 Å². The summed E-state index contributed by atoms with van der Waals surface area (Å²) in [6.45, 7) is 6.43. The number of hydrogen-bond acceptors (Lipinski definition) is 5. The first kappa shape index (κ1) is 26.1. The molecule has 1 aliphatic rings. The molecule has 2 heterocycles. The smallest absolute Gasteiger partial charge is 0.248 e. The van der Waals surface area contributed by atoms with Gasteiger partial charge in [-0.2, -0.15) is 4.31 Å². The topological polar surface area (TPSA) is 92.5 Å². The number of carbonyl (C=O) groups excluding carboxylic acids is 1. The molecule has 1 N–H and O–H groups in total. The summed E-state index contributed by atoms with van der Waals surface area (Å²) < 4.78 is 34.1. The highest BCUT2D eigenvalue weighted by Gasteiger charge is 2.36. The Morgan fingerprint density at radius 3 is 2.67 bits per heavy atom. The Balaban J connectivity index is 1.49. The van der Waals surface area contributed by atoms with Crippen LogP contribution < -0.4 is 5.32 Å². The molecule has 0 aliphatic carbocycles. The van der Waals surface area contributed by atoms with Crippen LogP contribution in [-0.2, 0) is 21.4 Å². The third-order valence-electron chi connectivity index (χ3n) is 6.42. The zero-order valence-corrected chi connectivity index (χ0v) is 22.2. The quantitative estimate of drug-likeness (QED) is 0.459. The zero-order chi connectivity index (χ0) is 25.9. The summed E-state index contributed by atoms with van der Waals surface area (Å²) in [5.41, 5.74) is 4.37. The summed E-state index contributed by atoms with van der Waals surface area (Å²) in [5.74, 6) is -0.417. The van der Waals surface area contributed by atoms with Gasteiger partial charge in [0.15, 0.2) is 10.7 Å². The molecule has 36 heavy (non-hydrogen) atoms. The summed E-state index contributed by atoms with van der Waals surface area (Å²) in [6, 6.07) is 13.3. The zero-order valence-electron chi connectivity index (χ0n) is 20.6. The van der Waals surface area contributed by atoms with Crippen LogP contribution in [-0.4, -0.2) is 36.9 Å². The average molecular weight is 528 g/mol. The molecule has 1 aromatic heterocycles. The number of piperidine rings is 1. The van der Waals surface area contributed by atoms with Crippen molar-refractivity contribution < 1.29 is 17.7 Å². The van der Waals surface area contributed by atoms with Crippen molar-refractivity contribution in [3.05, 3.63) is 81.2 Å². The van der Waals surface area contributed by atoms with Gasteiger partial charge in [-0.1, -0.05) is 58.7 Å². The van der Waals surface area contributed by atoms with Gasteiger partial charge < -0.3 is 9.84 Å². The van der Waals surface area contributed by atoms with E-state index in [9.17, 15) is 13.2 Å². The number of carbonyl (C=O) groups is 1. The molecule has 3 aromatic rings. The van der Waals surface area contributed by atoms with Gasteiger partial charge in [0.25, 0.3) is 0 Å². The van der Waals surface area contributed by atoms with Crippen molar-refractivity contribution in [3.63, 3.8) is 0 Å². The van der Waals surface area contributed by atoms with E-state index in [-0.39, 0.29) is 23.1 Å². The second-order valence-electron chi connectivity index (χ2n) is 9.20. The first-order chi connectivity index (χ1) is 17.1. The van der Waals surface area contributed by atoms with Gasteiger partial charge in [0.1, 0.15) is 5.69 Å². The Hall–Kier alpha value is -2.94. The molecule has 0 spiro atoms. The fourth-order valence-corrected chi connectivity index (χ4v) is 6.24. The minimum Gasteiger partial charge on any atom is -0.355 e. The van der Waals surface area contributed by atoms with Crippen molar-refractivity contribution in [1.82, 2.24) is 14.8 Å². The molecule has 0 radical (unpaired) electrons. The largest absolute Gasteiger partial charge is 0.355 e. The molecule has 7 nitrogen and oxygen atoms in total. The average Bonchev–Trinajstić information content (AvgIpc) is 3.25. The second kappa shape index (κ2) is 11.0. The molecule has 1 fully saturated rings. The van der Waals surface area contributed by atoms with Crippen molar-refractivity contribution in [1.29, 1.82) is 0 Å². The SMILES string of the molecule is Cc1ccc(C)c(/C=C/c2onc(C)c2S(=O)(=O)N2CCCC(C(=O)NCc3ccc(Cl)cc3)C2)c1. The molecule has 4 rings (SSSR count). The number of nitrogens with one attached hydrogen (secondary N) is 1. The molecule has 2 aromatic carbocycles. The first-order valence-corrected chi connectivity index (χ1v) is 13.7. The van der Waals surface area contributed by atoms with Crippen LogP contribution in [0.4, 0.5) is 0 Å². The second-order valence-corrected chi connectivity index (χ2v) is 11.5. The van der Waals surface area contributed by atoms with Crippen LogP contribution in [0.15, 0.2) is 51.9 Å². The standard InChI is InChI=1S/C27H30ClN3O4S/c1-18-6-7-19(2)22(15-18)10-13-25-26(20(3)30-35-25)36(33,34)31-14-4-5-23(17-31)27(32)29-16-21-8-11-24(28)12-9-21/h6-13,15,23H,4-5,14,16-17H2,1-3H3,(H,29,32)/b13-10+. The van der Waals surface area contributed by atoms with Gasteiger partial charge in [-0.15, -0.1) is 0 Å². The van der Waals surface area contributed by atoms with E-state index in [1.165, 1.54) is 4.31 Å². The van der Waals surface area contributed by atoms with E-state index in [4.69, 9.17) is 16.1 Å². The molecule has 1 saturated heterocycles. The highest BCUT2D eigenvalue weighted by molar-refractivity contribution is 7.89. The third kappa shape index (κ3) is 5.88. The Labute approximate surface area is 217 Å². The number of aryl methyl sites for hydroxylation is 3. The van der Waals surface area contributed by atoms with Crippen molar-refractivity contribution >= 4 is 39.7 Å². The van der Waals surface area contributed by atoms with Gasteiger partial charge in [-0.3, -0.25) is 4.79 Å². The fourth-order valence-electron chi connectivity index (χ4n) is 4.34. The van der Waals surface area contributed by atoms with E-state index >= 15 is 0 Å². The van der Waals surface area contributed by atoms with E-state index in [0.717, 1.165) is 22.3 Å². The summed E-state index contributed by atoms with van der Waals surface area (Å²) in [7, 11) is -3.91. The first-order valence-electron chi connectivity index (χ1n) is 11.9. The number of aromatic nitrogens is 1. The van der Waals surface area contributed by atoms with Crippen LogP contribution in [0.2, 0.25) is 5.02 Å². The van der Waals surface area contributed by atoms with Gasteiger partial charge in [-0.05, 0) is 68.5 Å². The molecule has 1 amide bonds. The Kier molecular flexibility index (Phi) is 7.97. The predicted molar refractivity (Wildman–Crippen MR) is 141 cm³/mol. The summed E-state index contributed by atoms with van der Waals surface area (Å²) in [6.07, 6.45) is 4.70. The minimum absolute atomic E-state index is 0.0475. The molecule has 0 saturated carbocycles. The van der Waals surface area contributed by atoms with Crippen LogP contribution >= 0.6 is 11.6 Å². The fraction of sp³-hybridized carbons (Fsp3) is 0.333. The van der Waals surface area contributed by atoms with Gasteiger partial charge in [0.2, 0.25) is 15.9 Å². The number of nitrogens with zero attached hydrogens (tertiary/aromatic N) is 2. The van der Waals surface area contributed by atoms with Crippen molar-refractivity contribution in [3.8, 4) is 0 Å². The van der Waals surface area contributed by atoms with Crippen molar-refractivity contribution in [2.75, 3.05) is 13.1 Å². The number of benzene rings is 2. The molecule has 1 atom stereocenters. The lowest BCUT2D eigenvalue weighted by atomic mass is 9.99. The van der Waals surface area contributed by atoms with Crippen molar-refractivity contribution in [2.24, 2.45) is 5.92 Å². The van der Waals surface area contributed by atoms with Gasteiger partial charge in [-0.25, -0.2) is 8.42 Å². The van der Waals surface area contributed by atoms with Gasteiger partial charge in [0, 0.05) is 24.7 Å². The van der Waals surface area contributed by atoms with Crippen LogP contribution in [0.3, 0.4) is 0 Å². The van der Waals surface area contributed by atoms with Gasteiger partial charge in [0.05, 0.1) is 5.92 Å². The molecular weight excluding hydrogens is 498 g/mol. The number of hydrogen-bond donors (Lipinski definition) is 1. The van der Waals surface area contributed by atoms with Crippen molar-refractivity contribution in [2.45, 2.75) is 45.1 Å². The molecule has 9 heteroatoms. The Morgan fingerprint density at radius 2 is 1.92 bits per heavy atom. The Morgan fingerprint density at radius 1 is 1.17 bits per heavy atom.